The molecule has 2 aromatic rings. The van der Waals surface area contributed by atoms with Crippen molar-refractivity contribution < 1.29 is 23.8 Å². The molecule has 0 unspecified atom stereocenters. The molecule has 30 heavy (non-hydrogen) atoms. The van der Waals surface area contributed by atoms with Gasteiger partial charge in [0.05, 0.1) is 25.2 Å². The Kier molecular flexibility index (Phi) is 7.53. The standard InChI is InChI=1S/C22H24FN3O4/c23-16-6-4-5-15(11-16)13-24-21(28)12-18-9-10-19(20(14-27)30-18)26-22(29)25-17-7-2-1-3-8-17/h1-11,18-20,27H,12-14H2,(H,24,28)(H2,25,26,29)/t18-,19+,20-/m0/s1. The van der Waals surface area contributed by atoms with Crippen molar-refractivity contribution >= 4 is 17.6 Å². The highest BCUT2D eigenvalue weighted by Crippen LogP contribution is 2.16. The van der Waals surface area contributed by atoms with Crippen LogP contribution in [-0.4, -0.2) is 41.9 Å². The van der Waals surface area contributed by atoms with Crippen LogP contribution in [0.5, 0.6) is 0 Å². The molecular formula is C22H24FN3O4. The van der Waals surface area contributed by atoms with E-state index in [0.717, 1.165) is 0 Å². The maximum atomic E-state index is 13.2. The van der Waals surface area contributed by atoms with Crippen molar-refractivity contribution in [2.45, 2.75) is 31.2 Å². The molecule has 158 valence electrons. The van der Waals surface area contributed by atoms with Crippen molar-refractivity contribution in [3.63, 3.8) is 0 Å². The van der Waals surface area contributed by atoms with Crippen LogP contribution in [-0.2, 0) is 16.1 Å². The van der Waals surface area contributed by atoms with Gasteiger partial charge in [-0.05, 0) is 29.8 Å². The number of hydrogen-bond acceptors (Lipinski definition) is 4. The third-order valence-corrected chi connectivity index (χ3v) is 4.56. The average Bonchev–Trinajstić information content (AvgIpc) is 2.74. The Labute approximate surface area is 173 Å². The van der Waals surface area contributed by atoms with Gasteiger partial charge in [-0.3, -0.25) is 4.79 Å². The summed E-state index contributed by atoms with van der Waals surface area (Å²) in [6.07, 6.45) is 2.22. The molecule has 0 saturated heterocycles. The number of aliphatic hydroxyl groups excluding tert-OH is 1. The van der Waals surface area contributed by atoms with Gasteiger partial charge >= 0.3 is 6.03 Å². The molecular weight excluding hydrogens is 389 g/mol. The lowest BCUT2D eigenvalue weighted by Crippen LogP contribution is -2.50. The van der Waals surface area contributed by atoms with Crippen LogP contribution < -0.4 is 16.0 Å². The van der Waals surface area contributed by atoms with Crippen LogP contribution in [0, 0.1) is 5.82 Å². The molecule has 0 spiro atoms. The number of aliphatic hydroxyl groups is 1. The molecule has 8 heteroatoms. The highest BCUT2D eigenvalue weighted by molar-refractivity contribution is 5.89. The van der Waals surface area contributed by atoms with Crippen LogP contribution in [0.1, 0.15) is 12.0 Å². The van der Waals surface area contributed by atoms with Gasteiger partial charge in [-0.15, -0.1) is 0 Å². The number of carbonyl (C=O) groups excluding carboxylic acids is 2. The summed E-state index contributed by atoms with van der Waals surface area (Å²) in [6.45, 7) is -0.109. The Morgan fingerprint density at radius 1 is 1.07 bits per heavy atom. The lowest BCUT2D eigenvalue weighted by Gasteiger charge is -2.31. The zero-order valence-corrected chi connectivity index (χ0v) is 16.3. The molecule has 0 saturated carbocycles. The molecule has 3 amide bonds. The lowest BCUT2D eigenvalue weighted by molar-refractivity contribution is -0.125. The number of carbonyl (C=O) groups is 2. The summed E-state index contributed by atoms with van der Waals surface area (Å²) < 4.78 is 18.9. The number of rotatable bonds is 7. The van der Waals surface area contributed by atoms with Crippen molar-refractivity contribution in [2.75, 3.05) is 11.9 Å². The summed E-state index contributed by atoms with van der Waals surface area (Å²) in [5, 5.41) is 17.8. The van der Waals surface area contributed by atoms with E-state index in [9.17, 15) is 19.1 Å². The summed E-state index contributed by atoms with van der Waals surface area (Å²) in [5.74, 6) is -0.625. The van der Waals surface area contributed by atoms with Crippen LogP contribution >= 0.6 is 0 Å². The van der Waals surface area contributed by atoms with Gasteiger partial charge in [0.1, 0.15) is 11.9 Å². The van der Waals surface area contributed by atoms with Gasteiger partial charge < -0.3 is 25.8 Å². The van der Waals surface area contributed by atoms with Crippen LogP contribution in [0.15, 0.2) is 66.7 Å². The Bertz CT molecular complexity index is 891. The van der Waals surface area contributed by atoms with Gasteiger partial charge in [0.15, 0.2) is 0 Å². The highest BCUT2D eigenvalue weighted by Gasteiger charge is 2.29. The van der Waals surface area contributed by atoms with E-state index in [1.807, 2.05) is 6.07 Å². The van der Waals surface area contributed by atoms with Gasteiger partial charge in [0, 0.05) is 12.2 Å². The fraction of sp³-hybridized carbons (Fsp3) is 0.273. The molecule has 3 rings (SSSR count). The molecule has 3 atom stereocenters. The second-order valence-corrected chi connectivity index (χ2v) is 6.88. The van der Waals surface area contributed by atoms with Crippen molar-refractivity contribution in [1.82, 2.24) is 10.6 Å². The Morgan fingerprint density at radius 2 is 1.87 bits per heavy atom. The molecule has 1 aliphatic heterocycles. The van der Waals surface area contributed by atoms with E-state index in [1.165, 1.54) is 12.1 Å². The number of amides is 3. The van der Waals surface area contributed by atoms with Gasteiger partial charge in [0.25, 0.3) is 0 Å². The SMILES string of the molecule is O=C(C[C@@H]1C=C[C@@H](NC(=O)Nc2ccccc2)[C@H](CO)O1)NCc1cccc(F)c1. The first-order valence-electron chi connectivity index (χ1n) is 9.62. The minimum Gasteiger partial charge on any atom is -0.394 e. The van der Waals surface area contributed by atoms with Gasteiger partial charge in [0.2, 0.25) is 5.91 Å². The number of ether oxygens (including phenoxy) is 1. The largest absolute Gasteiger partial charge is 0.394 e. The first-order valence-corrected chi connectivity index (χ1v) is 9.62. The quantitative estimate of drug-likeness (QED) is 0.524. The summed E-state index contributed by atoms with van der Waals surface area (Å²) in [4.78, 5) is 24.3. The molecule has 0 radical (unpaired) electrons. The van der Waals surface area contributed by atoms with Gasteiger partial charge in [-0.1, -0.05) is 42.5 Å². The fourth-order valence-electron chi connectivity index (χ4n) is 3.08. The highest BCUT2D eigenvalue weighted by atomic mass is 19.1. The normalized spacial score (nSPS) is 20.4. The Hall–Kier alpha value is -3.23. The summed E-state index contributed by atoms with van der Waals surface area (Å²) >= 11 is 0. The number of hydrogen-bond donors (Lipinski definition) is 4. The second kappa shape index (κ2) is 10.5. The zero-order chi connectivity index (χ0) is 21.3. The Morgan fingerprint density at radius 3 is 2.60 bits per heavy atom. The van der Waals surface area contributed by atoms with Crippen LogP contribution in [0.25, 0.3) is 0 Å². The van der Waals surface area contributed by atoms with Crippen molar-refractivity contribution in [3.05, 3.63) is 78.1 Å². The van der Waals surface area contributed by atoms with Gasteiger partial charge in [-0.25, -0.2) is 9.18 Å². The van der Waals surface area contributed by atoms with E-state index >= 15 is 0 Å². The second-order valence-electron chi connectivity index (χ2n) is 6.88. The predicted octanol–water partition coefficient (Wildman–Crippen LogP) is 2.34. The zero-order valence-electron chi connectivity index (χ0n) is 16.3. The van der Waals surface area contributed by atoms with E-state index in [2.05, 4.69) is 16.0 Å². The van der Waals surface area contributed by atoms with Crippen LogP contribution in [0.3, 0.4) is 0 Å². The number of benzene rings is 2. The minimum atomic E-state index is -0.683. The molecule has 7 nitrogen and oxygen atoms in total. The maximum absolute atomic E-state index is 13.2. The van der Waals surface area contributed by atoms with E-state index in [1.54, 1.807) is 48.6 Å². The monoisotopic (exact) mass is 413 g/mol. The van der Waals surface area contributed by atoms with Gasteiger partial charge in [-0.2, -0.15) is 0 Å². The molecule has 0 fully saturated rings. The first kappa shape index (κ1) is 21.5. The van der Waals surface area contributed by atoms with E-state index < -0.39 is 24.3 Å². The number of nitrogens with one attached hydrogen (secondary N) is 3. The topological polar surface area (TPSA) is 99.7 Å². The maximum Gasteiger partial charge on any atom is 0.319 e. The van der Waals surface area contributed by atoms with Crippen molar-refractivity contribution in [1.29, 1.82) is 0 Å². The third kappa shape index (κ3) is 6.40. The smallest absolute Gasteiger partial charge is 0.319 e. The van der Waals surface area contributed by atoms with Crippen molar-refractivity contribution in [3.8, 4) is 0 Å². The third-order valence-electron chi connectivity index (χ3n) is 4.56. The number of urea groups is 1. The van der Waals surface area contributed by atoms with Crippen molar-refractivity contribution in [2.24, 2.45) is 0 Å². The molecule has 0 aromatic heterocycles. The molecule has 2 aromatic carbocycles. The summed E-state index contributed by atoms with van der Waals surface area (Å²) in [6, 6.07) is 14.0. The van der Waals surface area contributed by atoms with E-state index in [4.69, 9.17) is 4.74 Å². The Balaban J connectivity index is 1.49. The fourth-order valence-corrected chi connectivity index (χ4v) is 3.08. The van der Waals surface area contributed by atoms with E-state index in [-0.39, 0.29) is 31.3 Å². The number of anilines is 1. The minimum absolute atomic E-state index is 0.0469. The molecule has 1 heterocycles. The molecule has 4 N–H and O–H groups in total. The van der Waals surface area contributed by atoms with Crippen LogP contribution in [0.4, 0.5) is 14.9 Å². The van der Waals surface area contributed by atoms with E-state index in [0.29, 0.717) is 11.3 Å². The average molecular weight is 413 g/mol. The predicted molar refractivity (Wildman–Crippen MR) is 110 cm³/mol. The molecule has 0 bridgehead atoms. The lowest BCUT2D eigenvalue weighted by atomic mass is 10.0. The molecule has 1 aliphatic rings. The molecule has 0 aliphatic carbocycles. The summed E-state index contributed by atoms with van der Waals surface area (Å²) in [7, 11) is 0. The summed E-state index contributed by atoms with van der Waals surface area (Å²) in [5.41, 5.74) is 1.30. The van der Waals surface area contributed by atoms with Crippen LogP contribution in [0.2, 0.25) is 0 Å². The number of para-hydroxylation sites is 1. The first-order chi connectivity index (χ1) is 14.5. The number of halogens is 1.